The predicted molar refractivity (Wildman–Crippen MR) is 160 cm³/mol. The van der Waals surface area contributed by atoms with Gasteiger partial charge in [0.15, 0.2) is 15.1 Å². The number of hydrogen-bond acceptors (Lipinski definition) is 8. The number of rotatable bonds is 7. The molecule has 4 heterocycles. The van der Waals surface area contributed by atoms with Gasteiger partial charge in [-0.2, -0.15) is 0 Å². The van der Waals surface area contributed by atoms with Crippen LogP contribution >= 0.6 is 50.6 Å². The molecule has 206 valence electrons. The summed E-state index contributed by atoms with van der Waals surface area (Å²) in [5.74, 6) is 0.348. The molecule has 4 aromatic rings. The SMILES string of the molecule is CCN(CC)C(=O)C1=C(C)N=c2s/c(=C\c3cc(Br)c(Sc4nccc(C)n4)o3)c(=O)n2[C@@H]1c1ccc(Cl)cc1. The third-order valence-corrected chi connectivity index (χ3v) is 9.35. The van der Waals surface area contributed by atoms with Gasteiger partial charge in [-0.3, -0.25) is 14.2 Å². The number of thiazole rings is 1. The normalized spacial score (nSPS) is 15.2. The lowest BCUT2D eigenvalue weighted by molar-refractivity contribution is -0.127. The number of allylic oxidation sites excluding steroid dienone is 1. The number of aromatic nitrogens is 3. The van der Waals surface area contributed by atoms with Crippen LogP contribution in [0.2, 0.25) is 5.02 Å². The first kappa shape index (κ1) is 28.5. The Hall–Kier alpha value is -2.99. The average molecular weight is 659 g/mol. The van der Waals surface area contributed by atoms with E-state index in [4.69, 9.17) is 21.0 Å². The lowest BCUT2D eigenvalue weighted by Crippen LogP contribution is -2.43. The van der Waals surface area contributed by atoms with Crippen molar-refractivity contribution in [3.8, 4) is 0 Å². The van der Waals surface area contributed by atoms with Gasteiger partial charge in [-0.05, 0) is 85.2 Å². The van der Waals surface area contributed by atoms with Gasteiger partial charge >= 0.3 is 0 Å². The van der Waals surface area contributed by atoms with E-state index in [0.717, 1.165) is 15.7 Å². The van der Waals surface area contributed by atoms with E-state index in [1.165, 1.54) is 23.1 Å². The molecule has 1 amide bonds. The van der Waals surface area contributed by atoms with Crippen LogP contribution in [-0.2, 0) is 4.79 Å². The van der Waals surface area contributed by atoms with Crippen molar-refractivity contribution in [1.29, 1.82) is 0 Å². The van der Waals surface area contributed by atoms with Gasteiger partial charge < -0.3 is 9.32 Å². The Kier molecular flexibility index (Phi) is 8.46. The summed E-state index contributed by atoms with van der Waals surface area (Å²) in [6.45, 7) is 8.67. The molecule has 0 aliphatic carbocycles. The van der Waals surface area contributed by atoms with Crippen LogP contribution in [0.25, 0.3) is 6.08 Å². The molecule has 0 fully saturated rings. The molecule has 0 bridgehead atoms. The molecule has 1 aromatic carbocycles. The van der Waals surface area contributed by atoms with Gasteiger partial charge in [-0.15, -0.1) is 0 Å². The summed E-state index contributed by atoms with van der Waals surface area (Å²) >= 11 is 12.3. The Labute approximate surface area is 252 Å². The molecule has 5 rings (SSSR count). The van der Waals surface area contributed by atoms with E-state index >= 15 is 0 Å². The lowest BCUT2D eigenvalue weighted by Gasteiger charge is -2.29. The number of aryl methyl sites for hydroxylation is 1. The highest BCUT2D eigenvalue weighted by atomic mass is 79.9. The van der Waals surface area contributed by atoms with Crippen LogP contribution < -0.4 is 14.9 Å². The van der Waals surface area contributed by atoms with Gasteiger partial charge in [-0.1, -0.05) is 35.1 Å². The zero-order chi connectivity index (χ0) is 28.6. The zero-order valence-electron chi connectivity index (χ0n) is 22.1. The fourth-order valence-electron chi connectivity index (χ4n) is 4.43. The average Bonchev–Trinajstić information content (AvgIpc) is 3.42. The monoisotopic (exact) mass is 657 g/mol. The fourth-order valence-corrected chi connectivity index (χ4v) is 6.90. The van der Waals surface area contributed by atoms with E-state index in [0.29, 0.717) is 54.7 Å². The van der Waals surface area contributed by atoms with Gasteiger partial charge in [0.1, 0.15) is 5.76 Å². The molecule has 1 atom stereocenters. The number of carbonyl (C=O) groups is 1. The molecular formula is C28H25BrClN5O3S2. The van der Waals surface area contributed by atoms with Crippen LogP contribution in [0.3, 0.4) is 0 Å². The Morgan fingerprint density at radius 2 is 1.95 bits per heavy atom. The van der Waals surface area contributed by atoms with E-state index in [2.05, 4.69) is 25.9 Å². The largest absolute Gasteiger partial charge is 0.449 e. The molecule has 0 spiro atoms. The molecule has 1 aliphatic heterocycles. The van der Waals surface area contributed by atoms with Gasteiger partial charge in [0.2, 0.25) is 0 Å². The van der Waals surface area contributed by atoms with Crippen LogP contribution in [0.5, 0.6) is 0 Å². The minimum absolute atomic E-state index is 0.143. The van der Waals surface area contributed by atoms with Crippen molar-refractivity contribution < 1.29 is 9.21 Å². The number of benzene rings is 1. The summed E-state index contributed by atoms with van der Waals surface area (Å²) < 4.78 is 8.79. The van der Waals surface area contributed by atoms with Gasteiger partial charge in [0, 0.05) is 36.1 Å². The fraction of sp³-hybridized carbons (Fsp3) is 0.250. The van der Waals surface area contributed by atoms with Crippen LogP contribution in [-0.4, -0.2) is 38.4 Å². The Balaban J connectivity index is 1.61. The summed E-state index contributed by atoms with van der Waals surface area (Å²) in [5, 5.41) is 1.71. The molecule has 0 radical (unpaired) electrons. The van der Waals surface area contributed by atoms with Gasteiger partial charge in [0.25, 0.3) is 11.5 Å². The maximum absolute atomic E-state index is 13.9. The van der Waals surface area contributed by atoms with Crippen LogP contribution in [0, 0.1) is 6.92 Å². The number of furan rings is 1. The number of likely N-dealkylation sites (N-methyl/N-ethyl adjacent to an activating group) is 1. The van der Waals surface area contributed by atoms with E-state index in [1.807, 2.05) is 45.9 Å². The highest BCUT2D eigenvalue weighted by Crippen LogP contribution is 2.35. The van der Waals surface area contributed by atoms with E-state index in [-0.39, 0.29) is 11.5 Å². The van der Waals surface area contributed by atoms with Crippen molar-refractivity contribution >= 4 is 62.6 Å². The van der Waals surface area contributed by atoms with Crippen molar-refractivity contribution in [2.75, 3.05) is 13.1 Å². The summed E-state index contributed by atoms with van der Waals surface area (Å²) in [4.78, 5) is 43.2. The molecular weight excluding hydrogens is 634 g/mol. The Bertz CT molecular complexity index is 1810. The second-order valence-corrected chi connectivity index (χ2v) is 12.2. The number of carbonyl (C=O) groups excluding carboxylic acids is 1. The van der Waals surface area contributed by atoms with Crippen molar-refractivity contribution in [3.05, 3.63) is 100 Å². The van der Waals surface area contributed by atoms with E-state index in [1.54, 1.807) is 39.9 Å². The quantitative estimate of drug-likeness (QED) is 0.248. The summed E-state index contributed by atoms with van der Waals surface area (Å²) in [6.07, 6.45) is 3.39. The van der Waals surface area contributed by atoms with Gasteiger partial charge in [-0.25, -0.2) is 15.0 Å². The molecule has 0 saturated carbocycles. The van der Waals surface area contributed by atoms with Gasteiger partial charge in [0.05, 0.1) is 26.3 Å². The van der Waals surface area contributed by atoms with E-state index < -0.39 is 6.04 Å². The highest BCUT2D eigenvalue weighted by molar-refractivity contribution is 9.10. The second-order valence-electron chi connectivity index (χ2n) is 8.98. The maximum Gasteiger partial charge on any atom is 0.271 e. The Morgan fingerprint density at radius 3 is 2.62 bits per heavy atom. The molecule has 8 nitrogen and oxygen atoms in total. The topological polar surface area (TPSA) is 93.6 Å². The molecule has 1 aliphatic rings. The molecule has 40 heavy (non-hydrogen) atoms. The smallest absolute Gasteiger partial charge is 0.271 e. The number of nitrogens with zero attached hydrogens (tertiary/aromatic N) is 5. The second kappa shape index (κ2) is 11.9. The van der Waals surface area contributed by atoms with Crippen LogP contribution in [0.1, 0.15) is 43.8 Å². The molecule has 0 N–H and O–H groups in total. The first-order chi connectivity index (χ1) is 19.2. The summed E-state index contributed by atoms with van der Waals surface area (Å²) in [6, 6.07) is 10.2. The minimum Gasteiger partial charge on any atom is -0.449 e. The minimum atomic E-state index is -0.642. The molecule has 0 saturated heterocycles. The first-order valence-corrected chi connectivity index (χ1v) is 15.3. The predicted octanol–water partition coefficient (Wildman–Crippen LogP) is 5.36. The summed E-state index contributed by atoms with van der Waals surface area (Å²) in [5.41, 5.74) is 2.43. The van der Waals surface area contributed by atoms with Crippen LogP contribution in [0.15, 0.2) is 82.8 Å². The lowest BCUT2D eigenvalue weighted by atomic mass is 9.94. The highest BCUT2D eigenvalue weighted by Gasteiger charge is 2.34. The number of hydrogen-bond donors (Lipinski definition) is 0. The first-order valence-electron chi connectivity index (χ1n) is 12.5. The van der Waals surface area contributed by atoms with E-state index in [9.17, 15) is 9.59 Å². The molecule has 3 aromatic heterocycles. The maximum atomic E-state index is 13.9. The summed E-state index contributed by atoms with van der Waals surface area (Å²) in [7, 11) is 0. The number of amides is 1. The number of fused-ring (bicyclic) bond motifs is 1. The molecule has 0 unspecified atom stereocenters. The van der Waals surface area contributed by atoms with Crippen molar-refractivity contribution in [2.45, 2.75) is 44.0 Å². The number of halogens is 2. The third kappa shape index (κ3) is 5.60. The standard InChI is InChI=1S/C28H25BrClN5O3S2/c1-5-34(6-2)25(37)22-16(4)33-28-35(23(22)17-7-9-18(30)10-8-17)24(36)21(39-28)14-19-13-20(29)26(38-19)40-27-31-12-11-15(3)32-27/h7-14,23H,5-6H2,1-4H3/b21-14-/t23-/m1/s1. The third-order valence-electron chi connectivity index (χ3n) is 6.39. The zero-order valence-corrected chi connectivity index (χ0v) is 26.1. The van der Waals surface area contributed by atoms with Crippen molar-refractivity contribution in [2.24, 2.45) is 4.99 Å². The molecule has 12 heteroatoms. The van der Waals surface area contributed by atoms with Crippen molar-refractivity contribution in [1.82, 2.24) is 19.4 Å². The van der Waals surface area contributed by atoms with Crippen molar-refractivity contribution in [3.63, 3.8) is 0 Å². The Morgan fingerprint density at radius 1 is 1.23 bits per heavy atom. The van der Waals surface area contributed by atoms with Crippen LogP contribution in [0.4, 0.5) is 0 Å².